The van der Waals surface area contributed by atoms with Crippen LogP contribution in [0.15, 0.2) is 24.5 Å². The Morgan fingerprint density at radius 2 is 1.89 bits per heavy atom. The molecule has 2 atom stereocenters. The van der Waals surface area contributed by atoms with E-state index in [4.69, 9.17) is 9.72 Å². The van der Waals surface area contributed by atoms with Gasteiger partial charge in [-0.1, -0.05) is 18.7 Å². The monoisotopic (exact) mass is 615 g/mol. The number of benzene rings is 1. The average Bonchev–Trinajstić information content (AvgIpc) is 3.35. The van der Waals surface area contributed by atoms with Crippen molar-refractivity contribution >= 4 is 23.0 Å². The summed E-state index contributed by atoms with van der Waals surface area (Å²) < 4.78 is 20.2. The number of piperazine rings is 1. The summed E-state index contributed by atoms with van der Waals surface area (Å²) in [5.41, 5.74) is 8.57. The molecule has 5 heterocycles. The van der Waals surface area contributed by atoms with Gasteiger partial charge in [0.2, 0.25) is 5.88 Å². The fraction of sp³-hybridized carbons (Fsp3) is 0.571. The molecule has 0 spiro atoms. The normalized spacial score (nSPS) is 22.0. The third-order valence-corrected chi connectivity index (χ3v) is 10.3. The van der Waals surface area contributed by atoms with Crippen molar-refractivity contribution in [2.75, 3.05) is 74.7 Å². The zero-order chi connectivity index (χ0) is 31.8. The highest BCUT2D eigenvalue weighted by Crippen LogP contribution is 2.43. The Bertz CT molecular complexity index is 1520. The second-order valence-corrected chi connectivity index (χ2v) is 13.3. The molecule has 0 saturated carbocycles. The van der Waals surface area contributed by atoms with Crippen LogP contribution >= 0.6 is 0 Å². The Balaban J connectivity index is 1.39. The number of likely N-dealkylation sites (tertiary alicyclic amines) is 1. The standard InChI is InChI=1S/C35H46FN7O2/c1-23-11-12-26-9-6-7-14-40(5)32(26)31(23)41-16-13-28-30(21-41)38-34(45-22-27-10-8-15-39(27)4)29(19-37)33(28)42-17-18-43(24(2)20-42)35(44)25(3)36/h11-12,24,27H,3,6-10,13-18,20-22H2,1-2,4-5H3/t24-,27-/m0/s1. The lowest BCUT2D eigenvalue weighted by atomic mass is 9.95. The van der Waals surface area contributed by atoms with Crippen molar-refractivity contribution in [3.63, 3.8) is 0 Å². The maximum Gasteiger partial charge on any atom is 0.282 e. The van der Waals surface area contributed by atoms with Gasteiger partial charge in [-0.05, 0) is 77.1 Å². The minimum atomic E-state index is -0.943. The van der Waals surface area contributed by atoms with E-state index in [9.17, 15) is 14.4 Å². The number of carbonyl (C=O) groups is 1. The summed E-state index contributed by atoms with van der Waals surface area (Å²) in [6, 6.07) is 7.04. The van der Waals surface area contributed by atoms with Gasteiger partial charge >= 0.3 is 0 Å². The molecule has 6 rings (SSSR count). The lowest BCUT2D eigenvalue weighted by molar-refractivity contribution is -0.131. The van der Waals surface area contributed by atoms with Crippen molar-refractivity contribution in [3.05, 3.63) is 52.5 Å². The van der Waals surface area contributed by atoms with Crippen molar-refractivity contribution in [2.45, 2.75) is 71.0 Å². The quantitative estimate of drug-likeness (QED) is 0.437. The van der Waals surface area contributed by atoms with Gasteiger partial charge in [-0.2, -0.15) is 5.26 Å². The molecule has 240 valence electrons. The molecule has 0 radical (unpaired) electrons. The SMILES string of the molecule is C=C(F)C(=O)N1CCN(c2c(C#N)c(OC[C@@H]3CCCN3C)nc3c2CCN(c2c(C)ccc4c2N(C)CCCC4)C3)C[C@@H]1C. The van der Waals surface area contributed by atoms with E-state index in [1.54, 1.807) is 0 Å². The summed E-state index contributed by atoms with van der Waals surface area (Å²) in [5, 5.41) is 10.6. The molecule has 0 aliphatic carbocycles. The van der Waals surface area contributed by atoms with Crippen LogP contribution in [0, 0.1) is 18.3 Å². The van der Waals surface area contributed by atoms with Crippen molar-refractivity contribution in [3.8, 4) is 11.9 Å². The fourth-order valence-electron chi connectivity index (χ4n) is 7.79. The average molecular weight is 616 g/mol. The lowest BCUT2D eigenvalue weighted by Gasteiger charge is -2.43. The van der Waals surface area contributed by atoms with Gasteiger partial charge in [-0.15, -0.1) is 0 Å². The van der Waals surface area contributed by atoms with Gasteiger partial charge in [0, 0.05) is 57.4 Å². The molecule has 4 aliphatic rings. The van der Waals surface area contributed by atoms with Crippen LogP contribution in [0.25, 0.3) is 0 Å². The van der Waals surface area contributed by atoms with Gasteiger partial charge in [-0.3, -0.25) is 4.79 Å². The number of carbonyl (C=O) groups excluding carboxylic acids is 1. The number of halogens is 1. The minimum Gasteiger partial charge on any atom is -0.475 e. The van der Waals surface area contributed by atoms with Crippen LogP contribution in [0.4, 0.5) is 21.5 Å². The summed E-state index contributed by atoms with van der Waals surface area (Å²) in [4.78, 5) is 28.5. The highest BCUT2D eigenvalue weighted by molar-refractivity contribution is 5.91. The van der Waals surface area contributed by atoms with Gasteiger partial charge in [0.15, 0.2) is 5.83 Å². The first-order chi connectivity index (χ1) is 21.7. The first-order valence-electron chi connectivity index (χ1n) is 16.5. The van der Waals surface area contributed by atoms with Crippen LogP contribution in [0.3, 0.4) is 0 Å². The largest absolute Gasteiger partial charge is 0.475 e. The van der Waals surface area contributed by atoms with Gasteiger partial charge in [0.05, 0.1) is 29.3 Å². The van der Waals surface area contributed by atoms with Gasteiger partial charge in [0.1, 0.15) is 18.2 Å². The van der Waals surface area contributed by atoms with Crippen LogP contribution in [-0.4, -0.2) is 92.7 Å². The molecule has 2 saturated heterocycles. The molecule has 4 aliphatic heterocycles. The number of aromatic nitrogens is 1. The number of nitrogens with zero attached hydrogens (tertiary/aromatic N) is 7. The minimum absolute atomic E-state index is 0.247. The Morgan fingerprint density at radius 3 is 2.60 bits per heavy atom. The van der Waals surface area contributed by atoms with Gasteiger partial charge in [0.25, 0.3) is 5.91 Å². The van der Waals surface area contributed by atoms with Crippen LogP contribution in [0.1, 0.15) is 60.6 Å². The van der Waals surface area contributed by atoms with E-state index in [-0.39, 0.29) is 12.1 Å². The topological polar surface area (TPSA) is 79.2 Å². The molecular formula is C35H46FN7O2. The molecule has 0 N–H and O–H groups in total. The second-order valence-electron chi connectivity index (χ2n) is 13.3. The first-order valence-corrected chi connectivity index (χ1v) is 16.5. The molecule has 45 heavy (non-hydrogen) atoms. The number of hydrogen-bond acceptors (Lipinski definition) is 8. The molecule has 10 heteroatoms. The van der Waals surface area contributed by atoms with E-state index in [0.29, 0.717) is 44.2 Å². The summed E-state index contributed by atoms with van der Waals surface area (Å²) in [7, 11) is 4.32. The maximum absolute atomic E-state index is 13.8. The predicted octanol–water partition coefficient (Wildman–Crippen LogP) is 4.59. The van der Waals surface area contributed by atoms with Crippen LogP contribution in [0.5, 0.6) is 5.88 Å². The highest BCUT2D eigenvalue weighted by Gasteiger charge is 2.35. The zero-order valence-electron chi connectivity index (χ0n) is 27.2. The van der Waals surface area contributed by atoms with E-state index < -0.39 is 11.7 Å². The summed E-state index contributed by atoms with van der Waals surface area (Å²) in [6.07, 6.45) is 6.39. The number of anilines is 3. The highest BCUT2D eigenvalue weighted by atomic mass is 19.1. The van der Waals surface area contributed by atoms with Crippen molar-refractivity contribution < 1.29 is 13.9 Å². The molecule has 1 amide bonds. The Labute approximate surface area is 266 Å². The van der Waals surface area contributed by atoms with Crippen LogP contribution in [-0.2, 0) is 24.2 Å². The summed E-state index contributed by atoms with van der Waals surface area (Å²) in [5.74, 6) is -1.22. The number of likely N-dealkylation sites (N-methyl/N-ethyl adjacent to an activating group) is 1. The fourth-order valence-corrected chi connectivity index (χ4v) is 7.79. The molecule has 0 unspecified atom stereocenters. The van der Waals surface area contributed by atoms with E-state index in [2.05, 4.69) is 65.4 Å². The maximum atomic E-state index is 13.8. The van der Waals surface area contributed by atoms with Crippen molar-refractivity contribution in [1.82, 2.24) is 14.8 Å². The summed E-state index contributed by atoms with van der Waals surface area (Å²) >= 11 is 0. The number of rotatable bonds is 6. The van der Waals surface area contributed by atoms with E-state index >= 15 is 0 Å². The van der Waals surface area contributed by atoms with Gasteiger partial charge < -0.3 is 29.2 Å². The zero-order valence-corrected chi connectivity index (χ0v) is 27.2. The Hall–Kier alpha value is -3.84. The smallest absolute Gasteiger partial charge is 0.282 e. The Kier molecular flexibility index (Phi) is 8.91. The van der Waals surface area contributed by atoms with E-state index in [0.717, 1.165) is 62.3 Å². The molecular weight excluding hydrogens is 569 g/mol. The second kappa shape index (κ2) is 12.9. The van der Waals surface area contributed by atoms with E-state index in [1.807, 2.05) is 6.92 Å². The third kappa shape index (κ3) is 5.95. The third-order valence-electron chi connectivity index (χ3n) is 10.3. The molecule has 9 nitrogen and oxygen atoms in total. The molecule has 1 aromatic carbocycles. The van der Waals surface area contributed by atoms with Crippen LogP contribution in [0.2, 0.25) is 0 Å². The van der Waals surface area contributed by atoms with Gasteiger partial charge in [-0.25, -0.2) is 9.37 Å². The molecule has 2 aromatic rings. The molecule has 2 fully saturated rings. The number of pyridine rings is 1. The van der Waals surface area contributed by atoms with Crippen LogP contribution < -0.4 is 19.4 Å². The number of nitriles is 1. The van der Waals surface area contributed by atoms with Crippen molar-refractivity contribution in [1.29, 1.82) is 5.26 Å². The number of aryl methyl sites for hydroxylation is 2. The predicted molar refractivity (Wildman–Crippen MR) is 176 cm³/mol. The van der Waals surface area contributed by atoms with E-state index in [1.165, 1.54) is 40.2 Å². The number of fused-ring (bicyclic) bond motifs is 2. The molecule has 1 aromatic heterocycles. The number of ether oxygens (including phenoxy) is 1. The lowest BCUT2D eigenvalue weighted by Crippen LogP contribution is -2.54. The molecule has 0 bridgehead atoms. The summed E-state index contributed by atoms with van der Waals surface area (Å²) in [6.45, 7) is 12.6. The van der Waals surface area contributed by atoms with Crippen molar-refractivity contribution in [2.24, 2.45) is 0 Å². The Morgan fingerprint density at radius 1 is 1.07 bits per heavy atom. The number of amides is 1. The first kappa shape index (κ1) is 31.2. The number of hydrogen-bond donors (Lipinski definition) is 0.